The summed E-state index contributed by atoms with van der Waals surface area (Å²) in [6, 6.07) is 9.32. The van der Waals surface area contributed by atoms with Crippen molar-refractivity contribution < 1.29 is 18.3 Å². The molecule has 0 saturated carbocycles. The molecule has 0 radical (unpaired) electrons. The van der Waals surface area contributed by atoms with Crippen molar-refractivity contribution in [1.29, 1.82) is 5.26 Å². The minimum absolute atomic E-state index is 0.0368. The Labute approximate surface area is 215 Å². The van der Waals surface area contributed by atoms with Gasteiger partial charge in [-0.2, -0.15) is 9.65 Å². The van der Waals surface area contributed by atoms with Gasteiger partial charge < -0.3 is 20.3 Å². The van der Waals surface area contributed by atoms with Gasteiger partial charge in [0, 0.05) is 49.8 Å². The number of halogens is 3. The highest BCUT2D eigenvalue weighted by Crippen LogP contribution is 2.32. The van der Waals surface area contributed by atoms with E-state index in [-0.39, 0.29) is 17.2 Å². The van der Waals surface area contributed by atoms with Crippen LogP contribution in [0.1, 0.15) is 10.4 Å². The van der Waals surface area contributed by atoms with E-state index in [0.29, 0.717) is 46.5 Å². The molecule has 2 aromatic carbocycles. The quantitative estimate of drug-likeness (QED) is 0.393. The molecule has 2 aromatic heterocycles. The van der Waals surface area contributed by atoms with Gasteiger partial charge in [-0.1, -0.05) is 11.6 Å². The molecule has 5 rings (SSSR count). The smallest absolute Gasteiger partial charge is 0.255 e. The molecule has 1 amide bonds. The highest BCUT2D eigenvalue weighted by atomic mass is 35.5. The van der Waals surface area contributed by atoms with Crippen LogP contribution in [-0.2, 0) is 0 Å². The molecule has 0 unspecified atom stereocenters. The second-order valence-corrected chi connectivity index (χ2v) is 8.57. The number of benzene rings is 2. The van der Waals surface area contributed by atoms with Crippen molar-refractivity contribution in [1.82, 2.24) is 24.6 Å². The number of anilines is 2. The topological polar surface area (TPSA) is 108 Å². The fourth-order valence-corrected chi connectivity index (χ4v) is 4.36. The van der Waals surface area contributed by atoms with E-state index < -0.39 is 18.2 Å². The van der Waals surface area contributed by atoms with E-state index >= 15 is 0 Å². The van der Waals surface area contributed by atoms with Gasteiger partial charge in [0.15, 0.2) is 29.6 Å². The molecule has 1 aliphatic rings. The summed E-state index contributed by atoms with van der Waals surface area (Å²) in [5.41, 5.74) is 1.59. The lowest BCUT2D eigenvalue weighted by atomic mass is 10.1. The molecule has 3 heterocycles. The molecule has 1 saturated heterocycles. The lowest BCUT2D eigenvalue weighted by Crippen LogP contribution is -2.46. The Hall–Kier alpha value is -4.27. The number of hydrogen-bond donors (Lipinski definition) is 2. The van der Waals surface area contributed by atoms with Crippen LogP contribution in [0.15, 0.2) is 48.9 Å². The number of nitriles is 1. The molecule has 0 atom stereocenters. The normalized spacial score (nSPS) is 13.4. The first kappa shape index (κ1) is 24.4. The van der Waals surface area contributed by atoms with Gasteiger partial charge in [0.25, 0.3) is 5.91 Å². The molecule has 4 aromatic rings. The monoisotopic (exact) mass is 523 g/mol. The van der Waals surface area contributed by atoms with Crippen LogP contribution in [0.4, 0.5) is 20.3 Å². The molecule has 2 N–H and O–H groups in total. The summed E-state index contributed by atoms with van der Waals surface area (Å²) in [6.07, 6.45) is 4.46. The third-order valence-electron chi connectivity index (χ3n) is 5.91. The third kappa shape index (κ3) is 4.76. The summed E-state index contributed by atoms with van der Waals surface area (Å²) >= 11 is 6.44. The van der Waals surface area contributed by atoms with Crippen LogP contribution >= 0.6 is 11.6 Å². The average molecular weight is 524 g/mol. The molecule has 0 aliphatic carbocycles. The predicted molar refractivity (Wildman–Crippen MR) is 133 cm³/mol. The fourth-order valence-electron chi connectivity index (χ4n) is 4.10. The zero-order chi connectivity index (χ0) is 25.9. The number of ether oxygens (including phenoxy) is 1. The first-order valence-electron chi connectivity index (χ1n) is 11.3. The number of rotatable bonds is 6. The van der Waals surface area contributed by atoms with Gasteiger partial charge in [-0.05, 0) is 30.3 Å². The zero-order valence-corrected chi connectivity index (χ0v) is 20.1. The number of nitrogens with one attached hydrogen (secondary N) is 2. The van der Waals surface area contributed by atoms with Crippen molar-refractivity contribution in [2.24, 2.45) is 0 Å². The summed E-state index contributed by atoms with van der Waals surface area (Å²) in [5, 5.41) is 15.2. The molecule has 0 spiro atoms. The van der Waals surface area contributed by atoms with Crippen LogP contribution in [0.3, 0.4) is 0 Å². The van der Waals surface area contributed by atoms with E-state index in [0.717, 1.165) is 13.1 Å². The Morgan fingerprint density at radius 3 is 2.76 bits per heavy atom. The van der Waals surface area contributed by atoms with Gasteiger partial charge in [0.2, 0.25) is 5.82 Å². The molecule has 188 valence electrons. The van der Waals surface area contributed by atoms with Crippen LogP contribution in [0.2, 0.25) is 5.02 Å². The van der Waals surface area contributed by atoms with Gasteiger partial charge in [-0.3, -0.25) is 9.20 Å². The molecule has 0 bridgehead atoms. The Morgan fingerprint density at radius 2 is 2.00 bits per heavy atom. The number of fused-ring (bicyclic) bond motifs is 1. The van der Waals surface area contributed by atoms with Crippen LogP contribution in [0.5, 0.6) is 5.75 Å². The standard InChI is InChI=1S/C25H20ClF2N7O2/c26-18-13-15(1-2-16(18)25(36)34-9-6-30-7-10-34)33-23-24-32-14-19(35(24)11-8-31-23)17-3-4-20(37-12-5-29)22(28)21(17)27/h1-4,8,11,13-14,30H,6-7,9-10,12H2,(H,31,33). The molecule has 1 aliphatic heterocycles. The van der Waals surface area contributed by atoms with Gasteiger partial charge in [0.05, 0.1) is 22.5 Å². The highest BCUT2D eigenvalue weighted by molar-refractivity contribution is 6.34. The summed E-state index contributed by atoms with van der Waals surface area (Å²) < 4.78 is 35.8. The Bertz CT molecular complexity index is 1530. The average Bonchev–Trinajstić information content (AvgIpc) is 3.35. The maximum absolute atomic E-state index is 14.9. The second-order valence-electron chi connectivity index (χ2n) is 8.16. The van der Waals surface area contributed by atoms with Crippen molar-refractivity contribution in [3.8, 4) is 23.1 Å². The number of nitrogens with zero attached hydrogens (tertiary/aromatic N) is 5. The van der Waals surface area contributed by atoms with Crippen molar-refractivity contribution in [2.45, 2.75) is 0 Å². The first-order chi connectivity index (χ1) is 18.0. The van der Waals surface area contributed by atoms with Gasteiger partial charge in [0.1, 0.15) is 6.07 Å². The van der Waals surface area contributed by atoms with Crippen molar-refractivity contribution in [3.63, 3.8) is 0 Å². The molecule has 9 nitrogen and oxygen atoms in total. The number of piperazine rings is 1. The van der Waals surface area contributed by atoms with E-state index in [1.807, 2.05) is 0 Å². The molecular formula is C25H20ClF2N7O2. The Balaban J connectivity index is 1.42. The lowest BCUT2D eigenvalue weighted by Gasteiger charge is -2.27. The van der Waals surface area contributed by atoms with Crippen LogP contribution in [-0.4, -0.2) is 58.0 Å². The second kappa shape index (κ2) is 10.4. The van der Waals surface area contributed by atoms with E-state index in [1.165, 1.54) is 24.5 Å². The van der Waals surface area contributed by atoms with E-state index in [4.69, 9.17) is 21.6 Å². The minimum atomic E-state index is -1.19. The Kier molecular flexibility index (Phi) is 6.85. The van der Waals surface area contributed by atoms with Gasteiger partial charge in [-0.15, -0.1) is 0 Å². The van der Waals surface area contributed by atoms with Crippen LogP contribution < -0.4 is 15.4 Å². The fraction of sp³-hybridized carbons (Fsp3) is 0.200. The SMILES string of the molecule is N#CCOc1ccc(-c2cnc3c(Nc4ccc(C(=O)N5CCNCC5)c(Cl)c4)nccn23)c(F)c1F. The van der Waals surface area contributed by atoms with Crippen molar-refractivity contribution >= 4 is 34.7 Å². The summed E-state index contributed by atoms with van der Waals surface area (Å²) in [6.45, 7) is 2.30. The zero-order valence-electron chi connectivity index (χ0n) is 19.3. The van der Waals surface area contributed by atoms with E-state index in [9.17, 15) is 13.6 Å². The number of amides is 1. The summed E-state index contributed by atoms with van der Waals surface area (Å²) in [5.74, 6) is -2.45. The number of imidazole rings is 1. The number of carbonyl (C=O) groups is 1. The van der Waals surface area contributed by atoms with Crippen molar-refractivity contribution in [2.75, 3.05) is 38.1 Å². The first-order valence-corrected chi connectivity index (χ1v) is 11.7. The maximum Gasteiger partial charge on any atom is 0.255 e. The number of aromatic nitrogens is 3. The van der Waals surface area contributed by atoms with Crippen molar-refractivity contribution in [3.05, 3.63) is 71.1 Å². The van der Waals surface area contributed by atoms with Crippen LogP contribution in [0.25, 0.3) is 16.9 Å². The van der Waals surface area contributed by atoms with Gasteiger partial charge in [-0.25, -0.2) is 14.4 Å². The minimum Gasteiger partial charge on any atom is -0.476 e. The lowest BCUT2D eigenvalue weighted by molar-refractivity contribution is 0.0736. The summed E-state index contributed by atoms with van der Waals surface area (Å²) in [7, 11) is 0. The largest absolute Gasteiger partial charge is 0.476 e. The Morgan fingerprint density at radius 1 is 1.19 bits per heavy atom. The van der Waals surface area contributed by atoms with Crippen LogP contribution in [0, 0.1) is 23.0 Å². The van der Waals surface area contributed by atoms with E-state index in [2.05, 4.69) is 20.6 Å². The molecule has 12 heteroatoms. The third-order valence-corrected chi connectivity index (χ3v) is 6.22. The highest BCUT2D eigenvalue weighted by Gasteiger charge is 2.22. The number of carbonyl (C=O) groups excluding carboxylic acids is 1. The van der Waals surface area contributed by atoms with Gasteiger partial charge >= 0.3 is 0 Å². The molecule has 37 heavy (non-hydrogen) atoms. The summed E-state index contributed by atoms with van der Waals surface area (Å²) in [4.78, 5) is 23.2. The van der Waals surface area contributed by atoms with E-state index in [1.54, 1.807) is 39.8 Å². The maximum atomic E-state index is 14.9. The number of hydrogen-bond acceptors (Lipinski definition) is 7. The predicted octanol–water partition coefficient (Wildman–Crippen LogP) is 4.02. The molecular weight excluding hydrogens is 504 g/mol. The molecule has 1 fully saturated rings.